The van der Waals surface area contributed by atoms with Crippen LogP contribution in [0.4, 0.5) is 4.39 Å². The van der Waals surface area contributed by atoms with E-state index >= 15 is 0 Å². The lowest BCUT2D eigenvalue weighted by Crippen LogP contribution is -2.58. The van der Waals surface area contributed by atoms with Crippen molar-refractivity contribution < 1.29 is 18.5 Å². The van der Waals surface area contributed by atoms with E-state index < -0.39 is 17.8 Å². The van der Waals surface area contributed by atoms with Gasteiger partial charge in [-0.1, -0.05) is 30.6 Å². The number of carbonyl (C=O) groups excluding carboxylic acids is 2. The van der Waals surface area contributed by atoms with Crippen molar-refractivity contribution in [2.45, 2.75) is 32.4 Å². The lowest BCUT2D eigenvalue weighted by atomic mass is 9.97. The predicted molar refractivity (Wildman–Crippen MR) is 114 cm³/mol. The highest BCUT2D eigenvalue weighted by molar-refractivity contribution is 7.16. The van der Waals surface area contributed by atoms with Crippen LogP contribution >= 0.6 is 22.9 Å². The van der Waals surface area contributed by atoms with Gasteiger partial charge in [0.1, 0.15) is 11.9 Å². The molecule has 10 heteroatoms. The van der Waals surface area contributed by atoms with Crippen molar-refractivity contribution in [2.75, 3.05) is 6.54 Å². The molecule has 1 aliphatic heterocycles. The average molecular weight is 463 g/mol. The van der Waals surface area contributed by atoms with Gasteiger partial charge < -0.3 is 14.7 Å². The average Bonchev–Trinajstić information content (AvgIpc) is 3.38. The Bertz CT molecular complexity index is 1100. The second-order valence-corrected chi connectivity index (χ2v) is 9.48. The van der Waals surface area contributed by atoms with E-state index in [0.717, 1.165) is 4.88 Å². The van der Waals surface area contributed by atoms with Gasteiger partial charge in [-0.05, 0) is 48.7 Å². The fraction of sp³-hybridized carbons (Fsp3) is 0.333. The Labute approximate surface area is 187 Å². The number of piperazine rings is 1. The molecule has 1 saturated heterocycles. The molecule has 0 saturated carbocycles. The molecule has 1 aromatic carbocycles. The fourth-order valence-electron chi connectivity index (χ4n) is 3.51. The predicted octanol–water partition coefficient (Wildman–Crippen LogP) is 4.32. The highest BCUT2D eigenvalue weighted by Crippen LogP contribution is 2.31. The molecule has 0 spiro atoms. The van der Waals surface area contributed by atoms with Crippen LogP contribution < -0.4 is 5.32 Å². The van der Waals surface area contributed by atoms with Crippen molar-refractivity contribution in [3.63, 3.8) is 0 Å². The molecule has 0 radical (unpaired) electrons. The summed E-state index contributed by atoms with van der Waals surface area (Å²) in [5.74, 6) is -0.970. The number of amides is 2. The van der Waals surface area contributed by atoms with Gasteiger partial charge in [-0.3, -0.25) is 9.59 Å². The summed E-state index contributed by atoms with van der Waals surface area (Å²) in [6.07, 6.45) is 0.498. The van der Waals surface area contributed by atoms with E-state index in [1.165, 1.54) is 40.5 Å². The Morgan fingerprint density at radius 3 is 2.71 bits per heavy atom. The zero-order valence-electron chi connectivity index (χ0n) is 16.8. The largest absolute Gasteiger partial charge is 0.345 e. The molecule has 1 N–H and O–H groups in total. The van der Waals surface area contributed by atoms with Crippen molar-refractivity contribution in [1.82, 2.24) is 20.4 Å². The van der Waals surface area contributed by atoms with Crippen LogP contribution in [-0.2, 0) is 4.79 Å². The third-order valence-corrected chi connectivity index (χ3v) is 6.32. The van der Waals surface area contributed by atoms with Gasteiger partial charge in [-0.15, -0.1) is 11.3 Å². The first kappa shape index (κ1) is 21.5. The molecule has 2 amide bonds. The number of carbonyl (C=O) groups is 2. The number of thiophene rings is 1. The summed E-state index contributed by atoms with van der Waals surface area (Å²) in [6.45, 7) is 4.24. The molecular weight excluding hydrogens is 443 g/mol. The summed E-state index contributed by atoms with van der Waals surface area (Å²) in [5, 5.41) is 6.80. The Morgan fingerprint density at radius 1 is 1.32 bits per heavy atom. The summed E-state index contributed by atoms with van der Waals surface area (Å²) in [4.78, 5) is 32.7. The van der Waals surface area contributed by atoms with E-state index in [0.29, 0.717) is 16.3 Å². The molecular formula is C21H20ClFN4O3S. The van der Waals surface area contributed by atoms with Crippen LogP contribution in [0.3, 0.4) is 0 Å². The van der Waals surface area contributed by atoms with Crippen LogP contribution in [0.15, 0.2) is 40.9 Å². The lowest BCUT2D eigenvalue weighted by Gasteiger charge is -2.39. The topological polar surface area (TPSA) is 88.3 Å². The number of nitrogens with zero attached hydrogens (tertiary/aromatic N) is 3. The summed E-state index contributed by atoms with van der Waals surface area (Å²) in [6, 6.07) is 8.09. The number of benzene rings is 1. The maximum absolute atomic E-state index is 13.3. The molecule has 162 valence electrons. The molecule has 7 nitrogen and oxygen atoms in total. The first-order valence-corrected chi connectivity index (χ1v) is 11.0. The molecule has 4 rings (SSSR count). The fourth-order valence-corrected chi connectivity index (χ4v) is 4.61. The van der Waals surface area contributed by atoms with E-state index in [-0.39, 0.29) is 36.1 Å². The normalized spacial score (nSPS) is 19.0. The van der Waals surface area contributed by atoms with Crippen LogP contribution in [0, 0.1) is 11.7 Å². The standard InChI is InChI=1S/C21H20ClFN4O3S/c1-11(2)9-15-19(28)24-14(16-7-8-17(22)31-16)10-27(15)21(29)18-25-20(30-26-18)12-3-5-13(23)6-4-12/h3-8,11,14-15H,9-10H2,1-2H3,(H,24,28). The third kappa shape index (κ3) is 4.62. The van der Waals surface area contributed by atoms with Crippen molar-refractivity contribution >= 4 is 34.8 Å². The van der Waals surface area contributed by atoms with E-state index in [2.05, 4.69) is 15.5 Å². The minimum Gasteiger partial charge on any atom is -0.345 e. The molecule has 0 bridgehead atoms. The second-order valence-electron chi connectivity index (χ2n) is 7.74. The second kappa shape index (κ2) is 8.76. The van der Waals surface area contributed by atoms with Gasteiger partial charge in [-0.2, -0.15) is 4.98 Å². The van der Waals surface area contributed by atoms with Gasteiger partial charge in [-0.25, -0.2) is 4.39 Å². The van der Waals surface area contributed by atoms with Crippen LogP contribution in [0.25, 0.3) is 11.5 Å². The van der Waals surface area contributed by atoms with Crippen molar-refractivity contribution in [2.24, 2.45) is 5.92 Å². The highest BCUT2D eigenvalue weighted by atomic mass is 35.5. The Kier molecular flexibility index (Phi) is 6.06. The summed E-state index contributed by atoms with van der Waals surface area (Å²) < 4.78 is 19.0. The smallest absolute Gasteiger partial charge is 0.296 e. The quantitative estimate of drug-likeness (QED) is 0.610. The molecule has 31 heavy (non-hydrogen) atoms. The minimum absolute atomic E-state index is 0.104. The molecule has 3 heterocycles. The van der Waals surface area contributed by atoms with Gasteiger partial charge in [0.05, 0.1) is 10.4 Å². The monoisotopic (exact) mass is 462 g/mol. The highest BCUT2D eigenvalue weighted by Gasteiger charge is 2.40. The van der Waals surface area contributed by atoms with Crippen molar-refractivity contribution in [3.05, 3.63) is 57.3 Å². The van der Waals surface area contributed by atoms with Crippen molar-refractivity contribution in [3.8, 4) is 11.5 Å². The van der Waals surface area contributed by atoms with Crippen LogP contribution in [0.1, 0.15) is 41.8 Å². The van der Waals surface area contributed by atoms with Gasteiger partial charge in [0.2, 0.25) is 5.91 Å². The molecule has 2 atom stereocenters. The molecule has 1 fully saturated rings. The minimum atomic E-state index is -0.646. The van der Waals surface area contributed by atoms with Crippen LogP contribution in [-0.4, -0.2) is 39.4 Å². The maximum atomic E-state index is 13.3. The molecule has 1 aliphatic rings. The number of hydrogen-bond donors (Lipinski definition) is 1. The Hall–Kier alpha value is -2.78. The SMILES string of the molecule is CC(C)CC1C(=O)NC(c2ccc(Cl)s2)CN1C(=O)c1noc(-c2ccc(F)cc2)n1. The molecule has 2 aromatic heterocycles. The maximum Gasteiger partial charge on any atom is 0.296 e. The first-order valence-electron chi connectivity index (χ1n) is 9.78. The van der Waals surface area contributed by atoms with Gasteiger partial charge in [0.25, 0.3) is 17.6 Å². The number of rotatable bonds is 5. The number of nitrogens with one attached hydrogen (secondary N) is 1. The number of halogens is 2. The van der Waals surface area contributed by atoms with Gasteiger partial charge in [0.15, 0.2) is 0 Å². The Morgan fingerprint density at radius 2 is 2.06 bits per heavy atom. The van der Waals surface area contributed by atoms with E-state index in [4.69, 9.17) is 16.1 Å². The summed E-state index contributed by atoms with van der Waals surface area (Å²) in [5.41, 5.74) is 0.495. The van der Waals surface area contributed by atoms with Crippen LogP contribution in [0.5, 0.6) is 0 Å². The summed E-state index contributed by atoms with van der Waals surface area (Å²) >= 11 is 7.40. The van der Waals surface area contributed by atoms with Gasteiger partial charge >= 0.3 is 0 Å². The van der Waals surface area contributed by atoms with Crippen LogP contribution in [0.2, 0.25) is 4.34 Å². The third-order valence-electron chi connectivity index (χ3n) is 4.98. The first-order chi connectivity index (χ1) is 14.8. The van der Waals surface area contributed by atoms with E-state index in [1.54, 1.807) is 6.07 Å². The zero-order chi connectivity index (χ0) is 22.1. The molecule has 2 unspecified atom stereocenters. The lowest BCUT2D eigenvalue weighted by molar-refractivity contribution is -0.130. The van der Waals surface area contributed by atoms with E-state index in [9.17, 15) is 14.0 Å². The Balaban J connectivity index is 1.62. The molecule has 3 aromatic rings. The zero-order valence-corrected chi connectivity index (χ0v) is 18.4. The van der Waals surface area contributed by atoms with Crippen molar-refractivity contribution in [1.29, 1.82) is 0 Å². The number of aromatic nitrogens is 2. The van der Waals surface area contributed by atoms with E-state index in [1.807, 2.05) is 19.9 Å². The number of hydrogen-bond acceptors (Lipinski definition) is 6. The summed E-state index contributed by atoms with van der Waals surface area (Å²) in [7, 11) is 0. The van der Waals surface area contributed by atoms with Gasteiger partial charge in [0, 0.05) is 17.0 Å². The molecule has 0 aliphatic carbocycles.